The molecule has 0 spiro atoms. The predicted molar refractivity (Wildman–Crippen MR) is 69.3 cm³/mol. The number of hydrogen-bond acceptors (Lipinski definition) is 5. The zero-order valence-corrected chi connectivity index (χ0v) is 12.4. The van der Waals surface area contributed by atoms with Crippen LogP contribution in [-0.2, 0) is 19.1 Å². The van der Waals surface area contributed by atoms with Gasteiger partial charge in [0.05, 0.1) is 17.7 Å². The van der Waals surface area contributed by atoms with Crippen LogP contribution in [0, 0.1) is 0 Å². The molecule has 1 aliphatic heterocycles. The summed E-state index contributed by atoms with van der Waals surface area (Å²) in [7, 11) is 1.73. The topological polar surface area (TPSA) is 66.9 Å². The van der Waals surface area contributed by atoms with E-state index in [4.69, 9.17) is 4.74 Å². The van der Waals surface area contributed by atoms with E-state index in [1.807, 2.05) is 0 Å². The normalized spacial score (nSPS) is 22.5. The van der Waals surface area contributed by atoms with Crippen molar-refractivity contribution >= 4 is 17.8 Å². The standard InChI is InChI=1S/C13H22N2O4/c1-7-19-9(16)8-15-10(17)12(2,3)14(6)13(4,5)11(15)18/h7-8H2,1-6H3. The summed E-state index contributed by atoms with van der Waals surface area (Å²) in [4.78, 5) is 39.0. The minimum Gasteiger partial charge on any atom is -0.465 e. The molecule has 0 radical (unpaired) electrons. The van der Waals surface area contributed by atoms with E-state index in [0.717, 1.165) is 4.90 Å². The van der Waals surface area contributed by atoms with Crippen LogP contribution in [0.1, 0.15) is 34.6 Å². The molecule has 0 bridgehead atoms. The SMILES string of the molecule is CCOC(=O)CN1C(=O)C(C)(C)N(C)C(C)(C)C1=O. The number of amides is 2. The van der Waals surface area contributed by atoms with E-state index >= 15 is 0 Å². The molecule has 6 nitrogen and oxygen atoms in total. The first-order chi connectivity index (χ1) is 8.56. The van der Waals surface area contributed by atoms with E-state index in [1.165, 1.54) is 0 Å². The lowest BCUT2D eigenvalue weighted by Gasteiger charge is -2.51. The summed E-state index contributed by atoms with van der Waals surface area (Å²) in [6.07, 6.45) is 0. The zero-order valence-electron chi connectivity index (χ0n) is 12.4. The van der Waals surface area contributed by atoms with Gasteiger partial charge >= 0.3 is 5.97 Å². The van der Waals surface area contributed by atoms with Crippen LogP contribution in [0.5, 0.6) is 0 Å². The third kappa shape index (κ3) is 2.49. The number of carbonyl (C=O) groups excluding carboxylic acids is 3. The number of imide groups is 1. The predicted octanol–water partition coefficient (Wildman–Crippen LogP) is 0.407. The monoisotopic (exact) mass is 270 g/mol. The number of carbonyl (C=O) groups is 3. The summed E-state index contributed by atoms with van der Waals surface area (Å²) in [5, 5.41) is 0. The first-order valence-corrected chi connectivity index (χ1v) is 6.32. The second-order valence-electron chi connectivity index (χ2n) is 5.68. The van der Waals surface area contributed by atoms with Crippen LogP contribution in [0.25, 0.3) is 0 Å². The Morgan fingerprint density at radius 1 is 1.11 bits per heavy atom. The van der Waals surface area contributed by atoms with Gasteiger partial charge in [0, 0.05) is 0 Å². The molecule has 0 atom stereocenters. The van der Waals surface area contributed by atoms with Gasteiger partial charge in [0.2, 0.25) is 11.8 Å². The van der Waals surface area contributed by atoms with Crippen LogP contribution in [0.2, 0.25) is 0 Å². The third-order valence-corrected chi connectivity index (χ3v) is 3.81. The molecular formula is C13H22N2O4. The number of nitrogens with zero attached hydrogens (tertiary/aromatic N) is 2. The van der Waals surface area contributed by atoms with Gasteiger partial charge in [-0.25, -0.2) is 0 Å². The van der Waals surface area contributed by atoms with Crippen molar-refractivity contribution in [1.82, 2.24) is 9.80 Å². The highest BCUT2D eigenvalue weighted by molar-refractivity contribution is 6.07. The van der Waals surface area contributed by atoms with Crippen LogP contribution >= 0.6 is 0 Å². The summed E-state index contributed by atoms with van der Waals surface area (Å²) < 4.78 is 4.81. The van der Waals surface area contributed by atoms with E-state index in [2.05, 4.69) is 0 Å². The summed E-state index contributed by atoms with van der Waals surface area (Å²) >= 11 is 0. The smallest absolute Gasteiger partial charge is 0.326 e. The first kappa shape index (κ1) is 15.6. The molecule has 0 aliphatic carbocycles. The van der Waals surface area contributed by atoms with Crippen molar-refractivity contribution in [2.75, 3.05) is 20.2 Å². The molecule has 2 amide bonds. The van der Waals surface area contributed by atoms with Crippen LogP contribution in [0.15, 0.2) is 0 Å². The molecule has 1 heterocycles. The highest BCUT2D eigenvalue weighted by atomic mass is 16.5. The minimum atomic E-state index is -0.843. The zero-order chi connectivity index (χ0) is 15.0. The van der Waals surface area contributed by atoms with Gasteiger partial charge in [-0.3, -0.25) is 24.2 Å². The van der Waals surface area contributed by atoms with Crippen molar-refractivity contribution in [3.8, 4) is 0 Å². The Kier molecular flexibility index (Phi) is 4.05. The number of esters is 1. The number of rotatable bonds is 3. The summed E-state index contributed by atoms with van der Waals surface area (Å²) in [5.41, 5.74) is -1.69. The first-order valence-electron chi connectivity index (χ1n) is 6.32. The van der Waals surface area contributed by atoms with Gasteiger partial charge in [-0.05, 0) is 41.7 Å². The molecule has 0 saturated carbocycles. The molecular weight excluding hydrogens is 248 g/mol. The van der Waals surface area contributed by atoms with Gasteiger partial charge in [0.25, 0.3) is 0 Å². The Hall–Kier alpha value is -1.43. The van der Waals surface area contributed by atoms with E-state index in [-0.39, 0.29) is 25.0 Å². The van der Waals surface area contributed by atoms with Gasteiger partial charge in [-0.1, -0.05) is 0 Å². The van der Waals surface area contributed by atoms with E-state index in [9.17, 15) is 14.4 Å². The van der Waals surface area contributed by atoms with Gasteiger partial charge in [0.15, 0.2) is 0 Å². The van der Waals surface area contributed by atoms with E-state index in [0.29, 0.717) is 0 Å². The molecule has 0 aromatic heterocycles. The molecule has 6 heteroatoms. The van der Waals surface area contributed by atoms with Crippen molar-refractivity contribution in [1.29, 1.82) is 0 Å². The third-order valence-electron chi connectivity index (χ3n) is 3.81. The summed E-state index contributed by atoms with van der Waals surface area (Å²) in [6.45, 7) is 8.53. The van der Waals surface area contributed by atoms with Crippen LogP contribution in [0.3, 0.4) is 0 Å². The number of hydrogen-bond donors (Lipinski definition) is 0. The van der Waals surface area contributed by atoms with Crippen LogP contribution in [-0.4, -0.2) is 58.9 Å². The Labute approximate surface area is 113 Å². The molecule has 19 heavy (non-hydrogen) atoms. The molecule has 0 aromatic rings. The lowest BCUT2D eigenvalue weighted by Crippen LogP contribution is -2.73. The number of ether oxygens (including phenoxy) is 1. The average molecular weight is 270 g/mol. The fraction of sp³-hybridized carbons (Fsp3) is 0.769. The summed E-state index contributed by atoms with van der Waals surface area (Å²) in [6, 6.07) is 0. The fourth-order valence-electron chi connectivity index (χ4n) is 2.22. The Bertz CT molecular complexity index is 387. The van der Waals surface area contributed by atoms with Gasteiger partial charge < -0.3 is 4.74 Å². The molecule has 1 rings (SSSR count). The lowest BCUT2D eigenvalue weighted by atomic mass is 9.87. The molecule has 1 saturated heterocycles. The second kappa shape index (κ2) is 4.92. The lowest BCUT2D eigenvalue weighted by molar-refractivity contribution is -0.176. The Balaban J connectivity index is 3.07. The van der Waals surface area contributed by atoms with Gasteiger partial charge in [0.1, 0.15) is 6.54 Å². The molecule has 0 aromatic carbocycles. The summed E-state index contributed by atoms with van der Waals surface area (Å²) in [5.74, 6) is -1.33. The molecule has 0 unspecified atom stereocenters. The fourth-order valence-corrected chi connectivity index (χ4v) is 2.22. The Morgan fingerprint density at radius 2 is 1.53 bits per heavy atom. The van der Waals surface area contributed by atoms with Crippen molar-refractivity contribution in [2.24, 2.45) is 0 Å². The maximum absolute atomic E-state index is 12.4. The highest BCUT2D eigenvalue weighted by Gasteiger charge is 2.54. The number of likely N-dealkylation sites (N-methyl/N-ethyl adjacent to an activating group) is 1. The van der Waals surface area contributed by atoms with Crippen LogP contribution < -0.4 is 0 Å². The average Bonchev–Trinajstić information content (AvgIpc) is 2.32. The maximum Gasteiger partial charge on any atom is 0.326 e. The molecule has 1 fully saturated rings. The molecule has 108 valence electrons. The van der Waals surface area contributed by atoms with Crippen LogP contribution in [0.4, 0.5) is 0 Å². The second-order valence-corrected chi connectivity index (χ2v) is 5.68. The quantitative estimate of drug-likeness (QED) is 0.549. The van der Waals surface area contributed by atoms with Crippen molar-refractivity contribution in [3.05, 3.63) is 0 Å². The highest BCUT2D eigenvalue weighted by Crippen LogP contribution is 2.32. The Morgan fingerprint density at radius 3 is 1.89 bits per heavy atom. The molecule has 0 N–H and O–H groups in total. The van der Waals surface area contributed by atoms with E-state index in [1.54, 1.807) is 46.6 Å². The van der Waals surface area contributed by atoms with Crippen molar-refractivity contribution < 1.29 is 19.1 Å². The van der Waals surface area contributed by atoms with Crippen molar-refractivity contribution in [2.45, 2.75) is 45.7 Å². The van der Waals surface area contributed by atoms with E-state index < -0.39 is 17.0 Å². The van der Waals surface area contributed by atoms with Gasteiger partial charge in [-0.15, -0.1) is 0 Å². The van der Waals surface area contributed by atoms with Gasteiger partial charge in [-0.2, -0.15) is 0 Å². The molecule has 1 aliphatic rings. The largest absolute Gasteiger partial charge is 0.465 e. The minimum absolute atomic E-state index is 0.224. The maximum atomic E-state index is 12.4. The van der Waals surface area contributed by atoms with Crippen molar-refractivity contribution in [3.63, 3.8) is 0 Å². The number of piperazine rings is 1.